The van der Waals surface area contributed by atoms with Crippen LogP contribution < -0.4 is 20.9 Å². The molecule has 0 aliphatic rings. The number of rotatable bonds is 8. The third kappa shape index (κ3) is 4.63. The lowest BCUT2D eigenvalue weighted by molar-refractivity contribution is 0.285. The Morgan fingerprint density at radius 1 is 0.946 bits per heavy atom. The van der Waals surface area contributed by atoms with Crippen molar-refractivity contribution in [2.75, 3.05) is 13.2 Å². The monoisotopic (exact) mass is 492 g/mol. The molecular weight excluding hydrogens is 468 g/mol. The second kappa shape index (κ2) is 10.3. The van der Waals surface area contributed by atoms with Gasteiger partial charge in [-0.3, -0.25) is 4.57 Å². The summed E-state index contributed by atoms with van der Waals surface area (Å²) in [7, 11) is 0. The Morgan fingerprint density at radius 2 is 1.68 bits per heavy atom. The van der Waals surface area contributed by atoms with Gasteiger partial charge in [-0.15, -0.1) is 0 Å². The molecule has 0 radical (unpaired) electrons. The number of nitrogens with zero attached hydrogens (tertiary/aromatic N) is 3. The molecule has 4 aromatic carbocycles. The zero-order chi connectivity index (χ0) is 25.8. The van der Waals surface area contributed by atoms with E-state index in [9.17, 15) is 15.2 Å². The Hall–Kier alpha value is -5.00. The molecular formula is C29H24N4O4. The summed E-state index contributed by atoms with van der Waals surface area (Å²) in [4.78, 5) is 13.1. The van der Waals surface area contributed by atoms with Crippen molar-refractivity contribution in [2.24, 2.45) is 5.73 Å². The van der Waals surface area contributed by atoms with Crippen molar-refractivity contribution in [3.8, 4) is 23.3 Å². The Morgan fingerprint density at radius 3 is 2.46 bits per heavy atom. The molecule has 0 aliphatic heterocycles. The summed E-state index contributed by atoms with van der Waals surface area (Å²) in [5.41, 5.74) is 6.97. The smallest absolute Gasteiger partial charge is 0.336 e. The van der Waals surface area contributed by atoms with Gasteiger partial charge in [-0.25, -0.2) is 9.36 Å². The first-order valence-electron chi connectivity index (χ1n) is 11.7. The zero-order valence-corrected chi connectivity index (χ0v) is 19.9. The highest BCUT2D eigenvalue weighted by Gasteiger charge is 2.16. The topological polar surface area (TPSA) is 115 Å². The van der Waals surface area contributed by atoms with E-state index in [2.05, 4.69) is 6.07 Å². The largest absolute Gasteiger partial charge is 0.494 e. The van der Waals surface area contributed by atoms with E-state index in [1.54, 1.807) is 28.8 Å². The molecule has 1 heterocycles. The number of hydrogen-bond donors (Lipinski definition) is 2. The van der Waals surface area contributed by atoms with Crippen LogP contribution in [0.4, 0.5) is 0 Å². The Balaban J connectivity index is 1.39. The summed E-state index contributed by atoms with van der Waals surface area (Å²) in [5, 5.41) is 21.3. The number of fused-ring (bicyclic) bond motifs is 2. The molecule has 8 heteroatoms. The third-order valence-electron chi connectivity index (χ3n) is 5.98. The zero-order valence-electron chi connectivity index (χ0n) is 19.9. The maximum absolute atomic E-state index is 13.1. The predicted molar refractivity (Wildman–Crippen MR) is 143 cm³/mol. The SMILES string of the molecule is N#Cc1ccc2c(Oc3ccccc3OCCn3c(=O)n(/C(O)=C\CN)c4ccccc43)cccc2c1. The number of para-hydroxylation sites is 4. The number of nitrogens with two attached hydrogens (primary N) is 1. The number of aromatic nitrogens is 2. The molecule has 0 spiro atoms. The summed E-state index contributed by atoms with van der Waals surface area (Å²) in [6.45, 7) is 0.548. The maximum Gasteiger partial charge on any atom is 0.336 e. The molecule has 0 amide bonds. The molecule has 3 N–H and O–H groups in total. The lowest BCUT2D eigenvalue weighted by Gasteiger charge is -2.14. The summed E-state index contributed by atoms with van der Waals surface area (Å²) in [6, 6.07) is 27.8. The van der Waals surface area contributed by atoms with E-state index in [1.165, 1.54) is 10.6 Å². The van der Waals surface area contributed by atoms with E-state index >= 15 is 0 Å². The van der Waals surface area contributed by atoms with Crippen molar-refractivity contribution in [2.45, 2.75) is 6.54 Å². The highest BCUT2D eigenvalue weighted by Crippen LogP contribution is 2.35. The number of hydrogen-bond acceptors (Lipinski definition) is 6. The van der Waals surface area contributed by atoms with Gasteiger partial charge in [-0.1, -0.05) is 36.4 Å². The number of imidazole rings is 1. The van der Waals surface area contributed by atoms with Crippen LogP contribution in [-0.4, -0.2) is 27.4 Å². The fourth-order valence-corrected chi connectivity index (χ4v) is 4.27. The van der Waals surface area contributed by atoms with Crippen LogP contribution in [0, 0.1) is 11.3 Å². The van der Waals surface area contributed by atoms with Gasteiger partial charge in [0.2, 0.25) is 0 Å². The van der Waals surface area contributed by atoms with Gasteiger partial charge in [0.05, 0.1) is 29.2 Å². The van der Waals surface area contributed by atoms with E-state index in [0.717, 1.165) is 10.8 Å². The van der Waals surface area contributed by atoms with Crippen molar-refractivity contribution in [1.29, 1.82) is 5.26 Å². The average molecular weight is 493 g/mol. The minimum atomic E-state index is -0.385. The predicted octanol–water partition coefficient (Wildman–Crippen LogP) is 5.01. The van der Waals surface area contributed by atoms with Crippen LogP contribution >= 0.6 is 0 Å². The molecule has 0 saturated heterocycles. The van der Waals surface area contributed by atoms with Crippen molar-refractivity contribution in [3.63, 3.8) is 0 Å². The van der Waals surface area contributed by atoms with E-state index in [-0.39, 0.29) is 31.3 Å². The minimum Gasteiger partial charge on any atom is -0.494 e. The van der Waals surface area contributed by atoms with Gasteiger partial charge in [0.15, 0.2) is 17.4 Å². The van der Waals surface area contributed by atoms with Gasteiger partial charge in [-0.2, -0.15) is 5.26 Å². The first kappa shape index (κ1) is 23.7. The molecule has 1 aromatic heterocycles. The summed E-state index contributed by atoms with van der Waals surface area (Å²) >= 11 is 0. The first-order chi connectivity index (χ1) is 18.1. The summed E-state index contributed by atoms with van der Waals surface area (Å²) < 4.78 is 15.1. The van der Waals surface area contributed by atoms with Crippen molar-refractivity contribution in [3.05, 3.63) is 107 Å². The maximum atomic E-state index is 13.1. The second-order valence-corrected chi connectivity index (χ2v) is 8.26. The molecule has 0 fully saturated rings. The Labute approximate surface area is 212 Å². The van der Waals surface area contributed by atoms with Crippen molar-refractivity contribution in [1.82, 2.24) is 9.13 Å². The second-order valence-electron chi connectivity index (χ2n) is 8.26. The number of aliphatic hydroxyl groups is 1. The van der Waals surface area contributed by atoms with Crippen LogP contribution in [0.15, 0.2) is 95.8 Å². The summed E-state index contributed by atoms with van der Waals surface area (Å²) in [6.07, 6.45) is 1.39. The van der Waals surface area contributed by atoms with E-state index in [1.807, 2.05) is 60.7 Å². The Bertz CT molecular complexity index is 1730. The highest BCUT2D eigenvalue weighted by molar-refractivity contribution is 5.89. The fraction of sp³-hybridized carbons (Fsp3) is 0.103. The van der Waals surface area contributed by atoms with Crippen molar-refractivity contribution >= 4 is 27.7 Å². The van der Waals surface area contributed by atoms with Crippen LogP contribution in [-0.2, 0) is 6.54 Å². The molecule has 184 valence electrons. The standard InChI is InChI=1S/C29H24N4O4/c30-15-14-28(34)33-24-8-2-1-7-23(24)32(29(33)35)16-17-36-26-9-3-4-10-27(26)37-25-11-5-6-21-18-20(19-31)12-13-22(21)25/h1-14,18,34H,15-17,30H2/b28-14+. The molecule has 5 rings (SSSR count). The highest BCUT2D eigenvalue weighted by atomic mass is 16.5. The number of ether oxygens (including phenoxy) is 2. The molecule has 0 bridgehead atoms. The molecule has 0 atom stereocenters. The van der Waals surface area contributed by atoms with Crippen LogP contribution in [0.3, 0.4) is 0 Å². The fourth-order valence-electron chi connectivity index (χ4n) is 4.27. The Kier molecular flexibility index (Phi) is 6.62. The molecule has 0 unspecified atom stereocenters. The van der Waals surface area contributed by atoms with Crippen molar-refractivity contribution < 1.29 is 14.6 Å². The third-order valence-corrected chi connectivity index (χ3v) is 5.98. The number of aliphatic hydroxyl groups excluding tert-OH is 1. The van der Waals surface area contributed by atoms with Crippen LogP contribution in [0.5, 0.6) is 17.2 Å². The van der Waals surface area contributed by atoms with Gasteiger partial charge in [-0.05, 0) is 60.0 Å². The van der Waals surface area contributed by atoms with Gasteiger partial charge in [0.1, 0.15) is 12.4 Å². The molecule has 8 nitrogen and oxygen atoms in total. The average Bonchev–Trinajstić information content (AvgIpc) is 3.20. The minimum absolute atomic E-state index is 0.105. The van der Waals surface area contributed by atoms with Gasteiger partial charge in [0.25, 0.3) is 0 Å². The number of nitriles is 1. The summed E-state index contributed by atoms with van der Waals surface area (Å²) in [5.74, 6) is 1.48. The normalized spacial score (nSPS) is 11.5. The van der Waals surface area contributed by atoms with E-state index < -0.39 is 0 Å². The number of benzene rings is 4. The van der Waals surface area contributed by atoms with Crippen LogP contribution in [0.25, 0.3) is 27.7 Å². The van der Waals surface area contributed by atoms with Gasteiger partial charge < -0.3 is 20.3 Å². The van der Waals surface area contributed by atoms with Crippen LogP contribution in [0.1, 0.15) is 5.56 Å². The quantitative estimate of drug-likeness (QED) is 0.294. The molecule has 5 aromatic rings. The van der Waals surface area contributed by atoms with Crippen LogP contribution in [0.2, 0.25) is 0 Å². The first-order valence-corrected chi connectivity index (χ1v) is 11.7. The molecule has 37 heavy (non-hydrogen) atoms. The van der Waals surface area contributed by atoms with Gasteiger partial charge in [0, 0.05) is 11.9 Å². The van der Waals surface area contributed by atoms with E-state index in [0.29, 0.717) is 33.8 Å². The van der Waals surface area contributed by atoms with Gasteiger partial charge >= 0.3 is 5.69 Å². The van der Waals surface area contributed by atoms with E-state index in [4.69, 9.17) is 15.2 Å². The lowest BCUT2D eigenvalue weighted by atomic mass is 10.1. The lowest BCUT2D eigenvalue weighted by Crippen LogP contribution is -2.26. The molecule has 0 aliphatic carbocycles. The molecule has 0 saturated carbocycles.